The van der Waals surface area contributed by atoms with Gasteiger partial charge >= 0.3 is 5.97 Å². The molecule has 1 unspecified atom stereocenters. The molecule has 1 aromatic heterocycles. The van der Waals surface area contributed by atoms with Crippen LogP contribution in [-0.4, -0.2) is 33.5 Å². The highest BCUT2D eigenvalue weighted by molar-refractivity contribution is 6.07. The van der Waals surface area contributed by atoms with Crippen molar-refractivity contribution in [1.29, 1.82) is 0 Å². The lowest BCUT2D eigenvalue weighted by Crippen LogP contribution is -2.45. The number of rotatable bonds is 7. The number of carboxylic acid groups (broad SMARTS) is 1. The second-order valence-electron chi connectivity index (χ2n) is 6.08. The average molecular weight is 337 g/mol. The van der Waals surface area contributed by atoms with Crippen molar-refractivity contribution < 1.29 is 19.5 Å². The van der Waals surface area contributed by atoms with Crippen LogP contribution in [0.25, 0.3) is 0 Å². The van der Waals surface area contributed by atoms with Crippen LogP contribution >= 0.6 is 0 Å². The van der Waals surface area contributed by atoms with Gasteiger partial charge in [0, 0.05) is 13.2 Å². The Morgan fingerprint density at radius 2 is 1.83 bits per heavy atom. The molecule has 2 atom stereocenters. The van der Waals surface area contributed by atoms with E-state index in [1.54, 1.807) is 19.3 Å². The second kappa shape index (κ2) is 8.28. The normalized spacial score (nSPS) is 13.2. The first kappa shape index (κ1) is 19.4. The molecule has 0 saturated heterocycles. The summed E-state index contributed by atoms with van der Waals surface area (Å²) in [4.78, 5) is 47.5. The van der Waals surface area contributed by atoms with Crippen molar-refractivity contribution in [2.45, 2.75) is 33.2 Å². The van der Waals surface area contributed by atoms with Gasteiger partial charge in [-0.3, -0.25) is 19.2 Å². The third kappa shape index (κ3) is 5.22. The van der Waals surface area contributed by atoms with Crippen LogP contribution < -0.4 is 16.2 Å². The number of aliphatic carboxylic acids is 1. The molecule has 3 N–H and O–H groups in total. The predicted molar refractivity (Wildman–Crippen MR) is 88.5 cm³/mol. The monoisotopic (exact) mass is 337 g/mol. The van der Waals surface area contributed by atoms with E-state index in [0.717, 1.165) is 0 Å². The maximum atomic E-state index is 12.4. The van der Waals surface area contributed by atoms with E-state index in [9.17, 15) is 19.2 Å². The van der Waals surface area contributed by atoms with Crippen LogP contribution in [0.5, 0.6) is 0 Å². The van der Waals surface area contributed by atoms with E-state index in [2.05, 4.69) is 10.6 Å². The first-order valence-electron chi connectivity index (χ1n) is 7.63. The topological polar surface area (TPSA) is 118 Å². The molecule has 132 valence electrons. The van der Waals surface area contributed by atoms with Gasteiger partial charge in [0.15, 0.2) is 0 Å². The molecule has 0 fully saturated rings. The van der Waals surface area contributed by atoms with Crippen LogP contribution in [0.15, 0.2) is 23.1 Å². The molecule has 0 aromatic carbocycles. The zero-order chi connectivity index (χ0) is 18.4. The molecule has 0 spiro atoms. The maximum Gasteiger partial charge on any atom is 0.325 e. The molecule has 8 heteroatoms. The minimum absolute atomic E-state index is 0.0326. The molecule has 0 saturated carbocycles. The highest BCUT2D eigenvalue weighted by atomic mass is 16.4. The highest BCUT2D eigenvalue weighted by Gasteiger charge is 2.30. The van der Waals surface area contributed by atoms with Gasteiger partial charge in [0.25, 0.3) is 5.56 Å². The van der Waals surface area contributed by atoms with Crippen molar-refractivity contribution in [3.63, 3.8) is 0 Å². The third-order valence-electron chi connectivity index (χ3n) is 3.45. The summed E-state index contributed by atoms with van der Waals surface area (Å²) < 4.78 is 1.31. The van der Waals surface area contributed by atoms with E-state index in [0.29, 0.717) is 0 Å². The van der Waals surface area contributed by atoms with E-state index >= 15 is 0 Å². The van der Waals surface area contributed by atoms with Crippen LogP contribution in [0.1, 0.15) is 27.2 Å². The molecule has 1 aromatic rings. The minimum Gasteiger partial charge on any atom is -0.480 e. The molecule has 0 aliphatic carbocycles. The van der Waals surface area contributed by atoms with Gasteiger partial charge in [0.1, 0.15) is 17.6 Å². The van der Waals surface area contributed by atoms with Crippen molar-refractivity contribution in [2.24, 2.45) is 18.9 Å². The van der Waals surface area contributed by atoms with Crippen molar-refractivity contribution in [3.8, 4) is 0 Å². The van der Waals surface area contributed by atoms with Crippen LogP contribution in [0, 0.1) is 11.8 Å². The molecule has 2 amide bonds. The van der Waals surface area contributed by atoms with E-state index in [1.807, 2.05) is 13.8 Å². The standard InChI is InChI=1S/C16H23N3O5/c1-9(2)8-11(13(20)17-10(3)16(23)24)14(21)18-12-6-5-7-19(4)15(12)22/h5-7,9-11H,8H2,1-4H3,(H,17,20)(H,18,21)(H,23,24)/t10?,11-/m0/s1. The Balaban J connectivity index is 2.96. The van der Waals surface area contributed by atoms with Crippen LogP contribution in [0.4, 0.5) is 5.69 Å². The van der Waals surface area contributed by atoms with Gasteiger partial charge in [-0.15, -0.1) is 0 Å². The fourth-order valence-corrected chi connectivity index (χ4v) is 2.09. The van der Waals surface area contributed by atoms with E-state index in [1.165, 1.54) is 17.6 Å². The number of aryl methyl sites for hydroxylation is 1. The number of carbonyl (C=O) groups excluding carboxylic acids is 2. The molecule has 0 aliphatic heterocycles. The zero-order valence-electron chi connectivity index (χ0n) is 14.2. The largest absolute Gasteiger partial charge is 0.480 e. The van der Waals surface area contributed by atoms with E-state index < -0.39 is 35.3 Å². The average Bonchev–Trinajstić information content (AvgIpc) is 2.48. The molecule has 0 bridgehead atoms. The van der Waals surface area contributed by atoms with Crippen LogP contribution in [0.3, 0.4) is 0 Å². The lowest BCUT2D eigenvalue weighted by Gasteiger charge is -2.19. The van der Waals surface area contributed by atoms with Gasteiger partial charge < -0.3 is 20.3 Å². The molecule has 24 heavy (non-hydrogen) atoms. The van der Waals surface area contributed by atoms with Gasteiger partial charge in [-0.2, -0.15) is 0 Å². The Labute approximate surface area is 139 Å². The predicted octanol–water partition coefficient (Wildman–Crippen LogP) is 0.575. The fourth-order valence-electron chi connectivity index (χ4n) is 2.09. The molecule has 8 nitrogen and oxygen atoms in total. The summed E-state index contributed by atoms with van der Waals surface area (Å²) in [5, 5.41) is 13.6. The second-order valence-corrected chi connectivity index (χ2v) is 6.08. The quantitative estimate of drug-likeness (QED) is 0.629. The van der Waals surface area contributed by atoms with E-state index in [4.69, 9.17) is 5.11 Å². The number of hydrogen-bond donors (Lipinski definition) is 3. The van der Waals surface area contributed by atoms with Crippen molar-refractivity contribution in [1.82, 2.24) is 9.88 Å². The fraction of sp³-hybridized carbons (Fsp3) is 0.500. The zero-order valence-corrected chi connectivity index (χ0v) is 14.2. The van der Waals surface area contributed by atoms with Gasteiger partial charge in [0.05, 0.1) is 0 Å². The smallest absolute Gasteiger partial charge is 0.325 e. The Hall–Kier alpha value is -2.64. The Morgan fingerprint density at radius 3 is 2.38 bits per heavy atom. The number of carbonyl (C=O) groups is 3. The van der Waals surface area contributed by atoms with Crippen LogP contribution in [-0.2, 0) is 21.4 Å². The number of nitrogens with one attached hydrogen (secondary N) is 2. The molecule has 0 aliphatic rings. The van der Waals surface area contributed by atoms with E-state index in [-0.39, 0.29) is 18.0 Å². The number of nitrogens with zero attached hydrogens (tertiary/aromatic N) is 1. The van der Waals surface area contributed by atoms with Gasteiger partial charge in [-0.25, -0.2) is 0 Å². The van der Waals surface area contributed by atoms with Crippen molar-refractivity contribution in [2.75, 3.05) is 5.32 Å². The van der Waals surface area contributed by atoms with Crippen LogP contribution in [0.2, 0.25) is 0 Å². The third-order valence-corrected chi connectivity index (χ3v) is 3.45. The number of pyridine rings is 1. The number of aromatic nitrogens is 1. The minimum atomic E-state index is -1.19. The number of amides is 2. The Kier molecular flexibility index (Phi) is 6.69. The maximum absolute atomic E-state index is 12.4. The summed E-state index contributed by atoms with van der Waals surface area (Å²) in [7, 11) is 1.55. The van der Waals surface area contributed by atoms with Crippen molar-refractivity contribution >= 4 is 23.5 Å². The summed E-state index contributed by atoms with van der Waals surface area (Å²) >= 11 is 0. The SMILES string of the molecule is CC(C)C[C@H](C(=O)Nc1cccn(C)c1=O)C(=O)NC(C)C(=O)O. The summed E-state index contributed by atoms with van der Waals surface area (Å²) in [6.07, 6.45) is 1.78. The molecule has 1 rings (SSSR count). The summed E-state index contributed by atoms with van der Waals surface area (Å²) in [5.41, 5.74) is -0.328. The lowest BCUT2D eigenvalue weighted by atomic mass is 9.95. The summed E-state index contributed by atoms with van der Waals surface area (Å²) in [5.74, 6) is -3.56. The first-order valence-corrected chi connectivity index (χ1v) is 7.63. The lowest BCUT2D eigenvalue weighted by molar-refractivity contribution is -0.143. The number of hydrogen-bond acceptors (Lipinski definition) is 4. The molecule has 1 heterocycles. The van der Waals surface area contributed by atoms with Gasteiger partial charge in [-0.1, -0.05) is 13.8 Å². The number of anilines is 1. The summed E-state index contributed by atoms with van der Waals surface area (Å²) in [6, 6.07) is 1.94. The van der Waals surface area contributed by atoms with Gasteiger partial charge in [0.2, 0.25) is 11.8 Å². The van der Waals surface area contributed by atoms with Gasteiger partial charge in [-0.05, 0) is 31.4 Å². The first-order chi connectivity index (χ1) is 11.1. The van der Waals surface area contributed by atoms with Crippen molar-refractivity contribution in [3.05, 3.63) is 28.7 Å². The highest BCUT2D eigenvalue weighted by Crippen LogP contribution is 2.15. The summed E-state index contributed by atoms with van der Waals surface area (Å²) in [6.45, 7) is 5.00. The Morgan fingerprint density at radius 1 is 1.21 bits per heavy atom. The molecular weight excluding hydrogens is 314 g/mol. The number of carboxylic acids is 1. The molecule has 0 radical (unpaired) electrons. The Bertz CT molecular complexity index is 681. The molecular formula is C16H23N3O5.